The Hall–Kier alpha value is -1.67. The summed E-state index contributed by atoms with van der Waals surface area (Å²) in [6, 6.07) is 3.47. The van der Waals surface area contributed by atoms with E-state index in [4.69, 9.17) is 10.5 Å². The number of nitrogens with zero attached hydrogens (tertiary/aromatic N) is 2. The molecule has 0 aliphatic carbocycles. The molecule has 5 N–H and O–H groups in total. The zero-order chi connectivity index (χ0) is 16.3. The zero-order valence-electron chi connectivity index (χ0n) is 12.8. The van der Waals surface area contributed by atoms with Crippen LogP contribution in [0.25, 0.3) is 11.0 Å². The summed E-state index contributed by atoms with van der Waals surface area (Å²) in [5, 5.41) is 31.9. The molecule has 2 aromatic heterocycles. The predicted octanol–water partition coefficient (Wildman–Crippen LogP) is 0.399. The minimum absolute atomic E-state index is 0.550. The average molecular weight is 307 g/mol. The third-order valence-electron chi connectivity index (χ3n) is 4.26. The number of rotatable bonds is 2. The summed E-state index contributed by atoms with van der Waals surface area (Å²) >= 11 is 0. The SMILES string of the molecule is CC(C)(O)[C@H]1O[C@@H](n2ccc3c(N)ccnc32)[C@](C)(O)[C@@H]1O. The van der Waals surface area contributed by atoms with E-state index < -0.39 is 29.6 Å². The fraction of sp³-hybridized carbons (Fsp3) is 0.533. The van der Waals surface area contributed by atoms with Crippen LogP contribution in [0.4, 0.5) is 5.69 Å². The molecule has 0 radical (unpaired) electrons. The van der Waals surface area contributed by atoms with E-state index in [1.165, 1.54) is 20.8 Å². The summed E-state index contributed by atoms with van der Waals surface area (Å²) < 4.78 is 7.40. The molecule has 3 heterocycles. The van der Waals surface area contributed by atoms with E-state index in [1.807, 2.05) is 0 Å². The van der Waals surface area contributed by atoms with Crippen LogP contribution >= 0.6 is 0 Å². The molecule has 1 aliphatic rings. The van der Waals surface area contributed by atoms with E-state index in [0.717, 1.165) is 5.39 Å². The first-order chi connectivity index (χ1) is 10.1. The molecule has 1 saturated heterocycles. The van der Waals surface area contributed by atoms with Gasteiger partial charge in [0.05, 0.1) is 5.60 Å². The van der Waals surface area contributed by atoms with Gasteiger partial charge in [-0.25, -0.2) is 4.98 Å². The molecule has 120 valence electrons. The van der Waals surface area contributed by atoms with Crippen molar-refractivity contribution in [1.29, 1.82) is 0 Å². The second kappa shape index (κ2) is 4.66. The molecule has 0 bridgehead atoms. The highest BCUT2D eigenvalue weighted by atomic mass is 16.6. The van der Waals surface area contributed by atoms with Crippen LogP contribution < -0.4 is 5.73 Å². The number of pyridine rings is 1. The molecule has 7 heteroatoms. The highest BCUT2D eigenvalue weighted by Crippen LogP contribution is 2.43. The maximum absolute atomic E-state index is 10.7. The van der Waals surface area contributed by atoms with E-state index >= 15 is 0 Å². The quantitative estimate of drug-likeness (QED) is 0.638. The fourth-order valence-electron chi connectivity index (χ4n) is 2.97. The van der Waals surface area contributed by atoms with E-state index in [-0.39, 0.29) is 0 Å². The molecular formula is C15H21N3O4. The zero-order valence-corrected chi connectivity index (χ0v) is 12.8. The van der Waals surface area contributed by atoms with Crippen LogP contribution in [0.3, 0.4) is 0 Å². The van der Waals surface area contributed by atoms with Crippen LogP contribution in [0.2, 0.25) is 0 Å². The van der Waals surface area contributed by atoms with Crippen molar-refractivity contribution in [2.75, 3.05) is 5.73 Å². The van der Waals surface area contributed by atoms with Gasteiger partial charge in [-0.1, -0.05) is 0 Å². The Bertz CT molecular complexity index is 704. The number of ether oxygens (including phenoxy) is 1. The lowest BCUT2D eigenvalue weighted by Crippen LogP contribution is -2.49. The van der Waals surface area contributed by atoms with Gasteiger partial charge in [-0.2, -0.15) is 0 Å². The van der Waals surface area contributed by atoms with Crippen molar-refractivity contribution in [1.82, 2.24) is 9.55 Å². The Morgan fingerprint density at radius 3 is 2.68 bits per heavy atom. The molecule has 22 heavy (non-hydrogen) atoms. The average Bonchev–Trinajstić information content (AvgIpc) is 2.91. The predicted molar refractivity (Wildman–Crippen MR) is 81.0 cm³/mol. The summed E-state index contributed by atoms with van der Waals surface area (Å²) in [4.78, 5) is 4.27. The van der Waals surface area contributed by atoms with Crippen LogP contribution in [0.15, 0.2) is 24.5 Å². The molecule has 1 fully saturated rings. The molecule has 0 saturated carbocycles. The highest BCUT2D eigenvalue weighted by Gasteiger charge is 2.57. The van der Waals surface area contributed by atoms with E-state index in [0.29, 0.717) is 11.3 Å². The third-order valence-corrected chi connectivity index (χ3v) is 4.26. The topological polar surface area (TPSA) is 114 Å². The maximum atomic E-state index is 10.7. The van der Waals surface area contributed by atoms with Gasteiger partial charge in [-0.15, -0.1) is 0 Å². The van der Waals surface area contributed by atoms with Crippen LogP contribution in [0.5, 0.6) is 0 Å². The van der Waals surface area contributed by atoms with Crippen molar-refractivity contribution in [3.05, 3.63) is 24.5 Å². The Balaban J connectivity index is 2.09. The van der Waals surface area contributed by atoms with E-state index in [9.17, 15) is 15.3 Å². The monoisotopic (exact) mass is 307 g/mol. The van der Waals surface area contributed by atoms with Crippen molar-refractivity contribution < 1.29 is 20.1 Å². The minimum Gasteiger partial charge on any atom is -0.398 e. The van der Waals surface area contributed by atoms with Gasteiger partial charge in [0, 0.05) is 23.5 Å². The molecule has 1 aliphatic heterocycles. The van der Waals surface area contributed by atoms with Gasteiger partial charge in [0.2, 0.25) is 0 Å². The number of anilines is 1. The molecule has 0 spiro atoms. The standard InChI is InChI=1S/C15H21N3O4/c1-14(2,20)11-10(19)15(3,21)13(22-11)18-7-5-8-9(16)4-6-17-12(8)18/h4-7,10-11,13,19-21H,1-3H3,(H2,16,17)/t10-,11+,13-,15-/m1/s1. The minimum atomic E-state index is -1.58. The summed E-state index contributed by atoms with van der Waals surface area (Å²) in [5.74, 6) is 0. The number of aliphatic hydroxyl groups is 3. The van der Waals surface area contributed by atoms with E-state index in [1.54, 1.807) is 29.1 Å². The molecule has 4 atom stereocenters. The number of hydrogen-bond acceptors (Lipinski definition) is 6. The highest BCUT2D eigenvalue weighted by molar-refractivity contribution is 5.88. The van der Waals surface area contributed by atoms with Gasteiger partial charge in [0.25, 0.3) is 0 Å². The normalized spacial score (nSPS) is 32.7. The van der Waals surface area contributed by atoms with Gasteiger partial charge < -0.3 is 30.4 Å². The number of nitrogens with two attached hydrogens (primary N) is 1. The number of aliphatic hydroxyl groups excluding tert-OH is 1. The van der Waals surface area contributed by atoms with Crippen molar-refractivity contribution in [3.63, 3.8) is 0 Å². The molecule has 0 unspecified atom stereocenters. The summed E-state index contributed by atoms with van der Waals surface area (Å²) in [7, 11) is 0. The molecule has 2 aromatic rings. The number of aromatic nitrogens is 2. The van der Waals surface area contributed by atoms with Crippen molar-refractivity contribution in [3.8, 4) is 0 Å². The fourth-order valence-corrected chi connectivity index (χ4v) is 2.97. The largest absolute Gasteiger partial charge is 0.398 e. The number of fused-ring (bicyclic) bond motifs is 1. The molecule has 0 aromatic carbocycles. The van der Waals surface area contributed by atoms with Crippen LogP contribution in [0.1, 0.15) is 27.0 Å². The lowest BCUT2D eigenvalue weighted by Gasteiger charge is -2.29. The first kappa shape index (κ1) is 15.2. The summed E-state index contributed by atoms with van der Waals surface area (Å²) in [6.07, 6.45) is 0.224. The van der Waals surface area contributed by atoms with E-state index in [2.05, 4.69) is 4.98 Å². The molecular weight excluding hydrogens is 286 g/mol. The van der Waals surface area contributed by atoms with Crippen molar-refractivity contribution >= 4 is 16.7 Å². The molecule has 7 nitrogen and oxygen atoms in total. The van der Waals surface area contributed by atoms with Gasteiger partial charge in [0.1, 0.15) is 23.5 Å². The smallest absolute Gasteiger partial charge is 0.167 e. The second-order valence-corrected chi connectivity index (χ2v) is 6.59. The second-order valence-electron chi connectivity index (χ2n) is 6.59. The Morgan fingerprint density at radius 2 is 2.09 bits per heavy atom. The lowest BCUT2D eigenvalue weighted by atomic mass is 9.89. The van der Waals surface area contributed by atoms with Gasteiger partial charge in [-0.05, 0) is 32.9 Å². The Morgan fingerprint density at radius 1 is 1.41 bits per heavy atom. The van der Waals surface area contributed by atoms with Crippen molar-refractivity contribution in [2.24, 2.45) is 0 Å². The van der Waals surface area contributed by atoms with Crippen LogP contribution in [-0.2, 0) is 4.74 Å². The van der Waals surface area contributed by atoms with Gasteiger partial charge in [0.15, 0.2) is 6.23 Å². The Labute approximate surface area is 128 Å². The number of nitrogen functional groups attached to an aromatic ring is 1. The first-order valence-corrected chi connectivity index (χ1v) is 7.13. The summed E-state index contributed by atoms with van der Waals surface area (Å²) in [6.45, 7) is 4.54. The summed E-state index contributed by atoms with van der Waals surface area (Å²) in [5.41, 5.74) is 4.16. The molecule has 0 amide bonds. The molecule has 3 rings (SSSR count). The van der Waals surface area contributed by atoms with Crippen LogP contribution in [0, 0.1) is 0 Å². The maximum Gasteiger partial charge on any atom is 0.167 e. The van der Waals surface area contributed by atoms with Crippen molar-refractivity contribution in [2.45, 2.75) is 50.4 Å². The lowest BCUT2D eigenvalue weighted by molar-refractivity contribution is -0.124. The van der Waals surface area contributed by atoms with Crippen LogP contribution in [-0.4, -0.2) is 48.3 Å². The third kappa shape index (κ3) is 2.09. The first-order valence-electron chi connectivity index (χ1n) is 7.13. The van der Waals surface area contributed by atoms with Gasteiger partial charge >= 0.3 is 0 Å². The Kier molecular flexibility index (Phi) is 3.23. The van der Waals surface area contributed by atoms with Gasteiger partial charge in [-0.3, -0.25) is 0 Å². The number of hydrogen-bond donors (Lipinski definition) is 4.